The zero-order chi connectivity index (χ0) is 9.61. The number of rotatable bonds is 5. The van der Waals surface area contributed by atoms with E-state index in [1.54, 1.807) is 13.8 Å². The van der Waals surface area contributed by atoms with Gasteiger partial charge in [-0.05, 0) is 20.3 Å². The molecule has 0 spiro atoms. The Morgan fingerprint density at radius 2 is 2.17 bits per heavy atom. The van der Waals surface area contributed by atoms with Gasteiger partial charge in [-0.2, -0.15) is 0 Å². The number of hydrogen-bond acceptors (Lipinski definition) is 4. The fraction of sp³-hybridized carbons (Fsp3) is 0.875. The maximum absolute atomic E-state index is 10.9. The second-order valence-corrected chi connectivity index (χ2v) is 3.30. The molecule has 0 bridgehead atoms. The van der Waals surface area contributed by atoms with Gasteiger partial charge in [0.1, 0.15) is 0 Å². The first-order chi connectivity index (χ1) is 5.45. The number of hydrogen-bond donors (Lipinski definition) is 2. The van der Waals surface area contributed by atoms with Gasteiger partial charge in [0.15, 0.2) is 0 Å². The molecule has 0 saturated carbocycles. The van der Waals surface area contributed by atoms with E-state index in [0.29, 0.717) is 6.61 Å². The Bertz CT molecular complexity index is 140. The molecule has 0 aliphatic heterocycles. The minimum absolute atomic E-state index is 0.170. The van der Waals surface area contributed by atoms with Crippen LogP contribution in [0.5, 0.6) is 0 Å². The molecule has 4 heteroatoms. The topological polar surface area (TPSA) is 64.3 Å². The predicted octanol–water partition coefficient (Wildman–Crippen LogP) is 0.224. The highest BCUT2D eigenvalue weighted by Crippen LogP contribution is 1.89. The summed E-state index contributed by atoms with van der Waals surface area (Å²) >= 11 is 0. The summed E-state index contributed by atoms with van der Waals surface area (Å²) in [5.41, 5.74) is 5.07. The SMILES string of the molecule is CCCOC(=O)CNC(C)(C)N. The van der Waals surface area contributed by atoms with Crippen LogP contribution in [0.2, 0.25) is 0 Å². The van der Waals surface area contributed by atoms with Crippen molar-refractivity contribution in [3.8, 4) is 0 Å². The molecule has 0 unspecified atom stereocenters. The van der Waals surface area contributed by atoms with Gasteiger partial charge in [0.05, 0.1) is 18.8 Å². The molecule has 3 N–H and O–H groups in total. The summed E-state index contributed by atoms with van der Waals surface area (Å²) in [7, 11) is 0. The Hall–Kier alpha value is -0.610. The largest absolute Gasteiger partial charge is 0.465 e. The molecule has 0 aromatic carbocycles. The maximum Gasteiger partial charge on any atom is 0.319 e. The second kappa shape index (κ2) is 5.11. The van der Waals surface area contributed by atoms with Gasteiger partial charge in [-0.3, -0.25) is 10.1 Å². The number of nitrogens with two attached hydrogens (primary N) is 1. The zero-order valence-electron chi connectivity index (χ0n) is 8.02. The fourth-order valence-electron chi connectivity index (χ4n) is 0.567. The van der Waals surface area contributed by atoms with Crippen LogP contribution in [0, 0.1) is 0 Å². The Kier molecular flexibility index (Phi) is 4.85. The van der Waals surface area contributed by atoms with Gasteiger partial charge >= 0.3 is 5.97 Å². The summed E-state index contributed by atoms with van der Waals surface area (Å²) in [6, 6.07) is 0. The molecule has 0 atom stereocenters. The van der Waals surface area contributed by atoms with E-state index in [9.17, 15) is 4.79 Å². The van der Waals surface area contributed by atoms with Gasteiger partial charge in [-0.1, -0.05) is 6.92 Å². The van der Waals surface area contributed by atoms with Gasteiger partial charge in [0, 0.05) is 0 Å². The van der Waals surface area contributed by atoms with Crippen LogP contribution in [-0.4, -0.2) is 24.8 Å². The lowest BCUT2D eigenvalue weighted by molar-refractivity contribution is -0.142. The van der Waals surface area contributed by atoms with Gasteiger partial charge in [0.25, 0.3) is 0 Å². The summed E-state index contributed by atoms with van der Waals surface area (Å²) in [5, 5.41) is 2.83. The van der Waals surface area contributed by atoms with Crippen molar-refractivity contribution in [2.45, 2.75) is 32.9 Å². The second-order valence-electron chi connectivity index (χ2n) is 3.30. The quantitative estimate of drug-likeness (QED) is 0.462. The third-order valence-corrected chi connectivity index (χ3v) is 1.16. The molecule has 0 fully saturated rings. The van der Waals surface area contributed by atoms with Gasteiger partial charge in [-0.25, -0.2) is 0 Å². The molecule has 0 radical (unpaired) electrons. The van der Waals surface area contributed by atoms with Crippen molar-refractivity contribution in [3.05, 3.63) is 0 Å². The Morgan fingerprint density at radius 3 is 2.58 bits per heavy atom. The number of carbonyl (C=O) groups is 1. The molecular formula is C8H18N2O2. The molecule has 72 valence electrons. The Balaban J connectivity index is 3.44. The van der Waals surface area contributed by atoms with Crippen LogP contribution >= 0.6 is 0 Å². The van der Waals surface area contributed by atoms with Crippen LogP contribution < -0.4 is 11.1 Å². The molecule has 0 rings (SSSR count). The van der Waals surface area contributed by atoms with E-state index in [0.717, 1.165) is 6.42 Å². The van der Waals surface area contributed by atoms with Crippen LogP contribution in [0.1, 0.15) is 27.2 Å². The summed E-state index contributed by atoms with van der Waals surface area (Å²) in [6.45, 7) is 6.18. The molecule has 0 aromatic rings. The summed E-state index contributed by atoms with van der Waals surface area (Å²) in [5.74, 6) is -0.254. The highest BCUT2D eigenvalue weighted by molar-refractivity contribution is 5.71. The number of carbonyl (C=O) groups excluding carboxylic acids is 1. The standard InChI is InChI=1S/C8H18N2O2/c1-4-5-12-7(11)6-10-8(2,3)9/h10H,4-6,9H2,1-3H3. The van der Waals surface area contributed by atoms with Crippen molar-refractivity contribution in [1.82, 2.24) is 5.32 Å². The van der Waals surface area contributed by atoms with E-state index in [2.05, 4.69) is 5.32 Å². The number of ether oxygens (including phenoxy) is 1. The molecule has 0 aliphatic carbocycles. The minimum Gasteiger partial charge on any atom is -0.465 e. The van der Waals surface area contributed by atoms with Crippen LogP contribution in [0.3, 0.4) is 0 Å². The third kappa shape index (κ3) is 7.50. The normalized spacial score (nSPS) is 11.3. The molecule has 0 heterocycles. The fourth-order valence-corrected chi connectivity index (χ4v) is 0.567. The molecule has 0 saturated heterocycles. The molecule has 12 heavy (non-hydrogen) atoms. The lowest BCUT2D eigenvalue weighted by atomic mass is 10.3. The van der Waals surface area contributed by atoms with Gasteiger partial charge < -0.3 is 10.5 Å². The zero-order valence-corrected chi connectivity index (χ0v) is 8.02. The van der Waals surface area contributed by atoms with E-state index in [1.165, 1.54) is 0 Å². The summed E-state index contributed by atoms with van der Waals surface area (Å²) < 4.78 is 4.83. The Morgan fingerprint density at radius 1 is 1.58 bits per heavy atom. The lowest BCUT2D eigenvalue weighted by Gasteiger charge is -2.19. The summed E-state index contributed by atoms with van der Waals surface area (Å²) in [4.78, 5) is 10.9. The van der Waals surface area contributed by atoms with Crippen LogP contribution in [0.15, 0.2) is 0 Å². The van der Waals surface area contributed by atoms with Crippen molar-refractivity contribution in [3.63, 3.8) is 0 Å². The molecule has 0 amide bonds. The van der Waals surface area contributed by atoms with Crippen LogP contribution in [-0.2, 0) is 9.53 Å². The van der Waals surface area contributed by atoms with Crippen molar-refractivity contribution >= 4 is 5.97 Å². The van der Waals surface area contributed by atoms with Crippen LogP contribution in [0.25, 0.3) is 0 Å². The van der Waals surface area contributed by atoms with Crippen molar-refractivity contribution in [2.24, 2.45) is 5.73 Å². The lowest BCUT2D eigenvalue weighted by Crippen LogP contribution is -2.49. The average molecular weight is 174 g/mol. The average Bonchev–Trinajstić information content (AvgIpc) is 1.95. The Labute approximate surface area is 73.5 Å². The molecule has 0 aliphatic rings. The highest BCUT2D eigenvalue weighted by atomic mass is 16.5. The van der Waals surface area contributed by atoms with Crippen molar-refractivity contribution in [2.75, 3.05) is 13.2 Å². The van der Waals surface area contributed by atoms with E-state index in [1.807, 2.05) is 6.92 Å². The van der Waals surface area contributed by atoms with Crippen molar-refractivity contribution < 1.29 is 9.53 Å². The highest BCUT2D eigenvalue weighted by Gasteiger charge is 2.11. The first-order valence-corrected chi connectivity index (χ1v) is 4.15. The van der Waals surface area contributed by atoms with E-state index in [4.69, 9.17) is 10.5 Å². The first-order valence-electron chi connectivity index (χ1n) is 4.15. The van der Waals surface area contributed by atoms with E-state index >= 15 is 0 Å². The maximum atomic E-state index is 10.9. The van der Waals surface area contributed by atoms with Crippen LogP contribution in [0.4, 0.5) is 0 Å². The predicted molar refractivity (Wildman–Crippen MR) is 47.5 cm³/mol. The van der Waals surface area contributed by atoms with Gasteiger partial charge in [-0.15, -0.1) is 0 Å². The first kappa shape index (κ1) is 11.4. The summed E-state index contributed by atoms with van der Waals surface area (Å²) in [6.07, 6.45) is 0.845. The smallest absolute Gasteiger partial charge is 0.319 e. The minimum atomic E-state index is -0.523. The van der Waals surface area contributed by atoms with E-state index in [-0.39, 0.29) is 12.5 Å². The van der Waals surface area contributed by atoms with Crippen molar-refractivity contribution in [1.29, 1.82) is 0 Å². The number of esters is 1. The number of nitrogens with one attached hydrogen (secondary N) is 1. The molecule has 0 aromatic heterocycles. The van der Waals surface area contributed by atoms with E-state index < -0.39 is 5.66 Å². The monoisotopic (exact) mass is 174 g/mol. The third-order valence-electron chi connectivity index (χ3n) is 1.16. The molecule has 4 nitrogen and oxygen atoms in total. The van der Waals surface area contributed by atoms with Gasteiger partial charge in [0.2, 0.25) is 0 Å². The molecular weight excluding hydrogens is 156 g/mol.